The Morgan fingerprint density at radius 3 is 2.80 bits per heavy atom. The molecule has 0 unspecified atom stereocenters. The summed E-state index contributed by atoms with van der Waals surface area (Å²) < 4.78 is 5.74. The minimum absolute atomic E-state index is 0.0121. The van der Waals surface area contributed by atoms with E-state index in [4.69, 9.17) is 9.57 Å². The van der Waals surface area contributed by atoms with Gasteiger partial charge in [0.15, 0.2) is 0 Å². The smallest absolute Gasteiger partial charge is 0.127 e. The molecule has 3 rings (SSSR count). The highest BCUT2D eigenvalue weighted by Gasteiger charge is 2.38. The Morgan fingerprint density at radius 2 is 2.00 bits per heavy atom. The highest BCUT2D eigenvalue weighted by molar-refractivity contribution is 5.93. The van der Waals surface area contributed by atoms with E-state index < -0.39 is 0 Å². The average molecular weight is 203 g/mol. The van der Waals surface area contributed by atoms with Crippen LogP contribution in [-0.2, 0) is 9.57 Å². The van der Waals surface area contributed by atoms with Crippen LogP contribution in [0.4, 0.5) is 0 Å². The monoisotopic (exact) mass is 203 g/mol. The maximum Gasteiger partial charge on any atom is 0.127 e. The van der Waals surface area contributed by atoms with E-state index in [2.05, 4.69) is 36.3 Å². The second kappa shape index (κ2) is 3.35. The SMILES string of the molecule is Cc1ccc([C@H]2OC[C@@H]3CON=C32)cc1. The number of hydrogen-bond donors (Lipinski definition) is 0. The van der Waals surface area contributed by atoms with E-state index in [1.165, 1.54) is 11.1 Å². The van der Waals surface area contributed by atoms with E-state index >= 15 is 0 Å². The van der Waals surface area contributed by atoms with Crippen LogP contribution >= 0.6 is 0 Å². The summed E-state index contributed by atoms with van der Waals surface area (Å²) >= 11 is 0. The topological polar surface area (TPSA) is 30.8 Å². The van der Waals surface area contributed by atoms with Crippen LogP contribution in [0.1, 0.15) is 17.2 Å². The van der Waals surface area contributed by atoms with Crippen molar-refractivity contribution in [2.75, 3.05) is 13.2 Å². The van der Waals surface area contributed by atoms with Crippen LogP contribution < -0.4 is 0 Å². The zero-order valence-electron chi connectivity index (χ0n) is 8.64. The molecule has 15 heavy (non-hydrogen) atoms. The van der Waals surface area contributed by atoms with Crippen LogP contribution in [0.2, 0.25) is 0 Å². The van der Waals surface area contributed by atoms with Gasteiger partial charge in [-0.15, -0.1) is 0 Å². The molecule has 0 bridgehead atoms. The van der Waals surface area contributed by atoms with Crippen molar-refractivity contribution in [2.24, 2.45) is 11.1 Å². The quantitative estimate of drug-likeness (QED) is 0.699. The van der Waals surface area contributed by atoms with Crippen LogP contribution in [0.15, 0.2) is 29.4 Å². The third-order valence-corrected chi connectivity index (χ3v) is 2.98. The minimum atomic E-state index is 0.0121. The molecule has 3 heteroatoms. The summed E-state index contributed by atoms with van der Waals surface area (Å²) in [6.45, 7) is 3.49. The average Bonchev–Trinajstić information content (AvgIpc) is 2.80. The van der Waals surface area contributed by atoms with Crippen molar-refractivity contribution in [3.63, 3.8) is 0 Å². The Morgan fingerprint density at radius 1 is 1.20 bits per heavy atom. The van der Waals surface area contributed by atoms with Crippen LogP contribution in [0.5, 0.6) is 0 Å². The third kappa shape index (κ3) is 1.43. The fourth-order valence-corrected chi connectivity index (χ4v) is 2.06. The molecule has 0 spiro atoms. The molecule has 0 N–H and O–H groups in total. The number of aryl methyl sites for hydroxylation is 1. The summed E-state index contributed by atoms with van der Waals surface area (Å²) in [4.78, 5) is 5.09. The lowest BCUT2D eigenvalue weighted by molar-refractivity contribution is 0.0792. The van der Waals surface area contributed by atoms with Crippen LogP contribution in [0, 0.1) is 12.8 Å². The highest BCUT2D eigenvalue weighted by atomic mass is 16.6. The summed E-state index contributed by atoms with van der Waals surface area (Å²) in [5.41, 5.74) is 3.49. The Labute approximate surface area is 88.7 Å². The van der Waals surface area contributed by atoms with Crippen molar-refractivity contribution in [3.8, 4) is 0 Å². The van der Waals surface area contributed by atoms with Gasteiger partial charge in [-0.3, -0.25) is 0 Å². The zero-order valence-corrected chi connectivity index (χ0v) is 8.64. The Hall–Kier alpha value is -1.35. The predicted octanol–water partition coefficient (Wildman–Crippen LogP) is 2.07. The Bertz CT molecular complexity index is 397. The molecule has 78 valence electrons. The van der Waals surface area contributed by atoms with Crippen molar-refractivity contribution >= 4 is 5.71 Å². The molecule has 3 nitrogen and oxygen atoms in total. The van der Waals surface area contributed by atoms with Crippen molar-refractivity contribution in [1.29, 1.82) is 0 Å². The molecule has 1 fully saturated rings. The molecule has 2 aliphatic rings. The van der Waals surface area contributed by atoms with Crippen molar-refractivity contribution in [1.82, 2.24) is 0 Å². The van der Waals surface area contributed by atoms with Crippen molar-refractivity contribution in [3.05, 3.63) is 35.4 Å². The second-order valence-electron chi connectivity index (χ2n) is 4.13. The first kappa shape index (κ1) is 8.92. The van der Waals surface area contributed by atoms with E-state index in [1.54, 1.807) is 0 Å². The Kier molecular flexibility index (Phi) is 1.99. The van der Waals surface area contributed by atoms with E-state index in [-0.39, 0.29) is 6.10 Å². The van der Waals surface area contributed by atoms with Gasteiger partial charge in [-0.25, -0.2) is 0 Å². The standard InChI is InChI=1S/C12H13NO2/c1-8-2-4-9(5-3-8)12-11-10(6-14-12)7-15-13-11/h2-5,10,12H,6-7H2,1H3/t10-,12-/m1/s1. The number of nitrogens with zero attached hydrogens (tertiary/aromatic N) is 1. The molecule has 0 amide bonds. The van der Waals surface area contributed by atoms with Gasteiger partial charge in [0.2, 0.25) is 0 Å². The minimum Gasteiger partial charge on any atom is -0.395 e. The second-order valence-corrected chi connectivity index (χ2v) is 4.13. The number of benzene rings is 1. The van der Waals surface area contributed by atoms with Crippen LogP contribution in [0.25, 0.3) is 0 Å². The van der Waals surface area contributed by atoms with Gasteiger partial charge in [0, 0.05) is 0 Å². The molecule has 2 aliphatic heterocycles. The first-order valence-electron chi connectivity index (χ1n) is 5.22. The highest BCUT2D eigenvalue weighted by Crippen LogP contribution is 2.33. The van der Waals surface area contributed by atoms with Gasteiger partial charge in [-0.2, -0.15) is 0 Å². The van der Waals surface area contributed by atoms with E-state index in [1.807, 2.05) is 0 Å². The number of fused-ring (bicyclic) bond motifs is 1. The maximum atomic E-state index is 5.74. The lowest BCUT2D eigenvalue weighted by Gasteiger charge is -2.09. The maximum absolute atomic E-state index is 5.74. The zero-order chi connectivity index (χ0) is 10.3. The number of rotatable bonds is 1. The van der Waals surface area contributed by atoms with E-state index in [9.17, 15) is 0 Å². The number of hydrogen-bond acceptors (Lipinski definition) is 3. The van der Waals surface area contributed by atoms with Gasteiger partial charge in [0.05, 0.1) is 18.2 Å². The van der Waals surface area contributed by atoms with Gasteiger partial charge in [-0.05, 0) is 12.5 Å². The summed E-state index contributed by atoms with van der Waals surface area (Å²) in [6, 6.07) is 8.40. The lowest BCUT2D eigenvalue weighted by Crippen LogP contribution is -2.11. The van der Waals surface area contributed by atoms with E-state index in [0.29, 0.717) is 12.5 Å². The first-order chi connectivity index (χ1) is 7.34. The molecule has 1 aromatic rings. The molecule has 1 aromatic carbocycles. The molecule has 2 heterocycles. The summed E-state index contributed by atoms with van der Waals surface area (Å²) in [5, 5.41) is 4.07. The molecule has 2 atom stereocenters. The third-order valence-electron chi connectivity index (χ3n) is 2.98. The van der Waals surface area contributed by atoms with Crippen molar-refractivity contribution in [2.45, 2.75) is 13.0 Å². The van der Waals surface area contributed by atoms with Gasteiger partial charge in [-0.1, -0.05) is 35.0 Å². The summed E-state index contributed by atoms with van der Waals surface area (Å²) in [6.07, 6.45) is 0.0121. The van der Waals surface area contributed by atoms with E-state index in [0.717, 1.165) is 12.3 Å². The molecular weight excluding hydrogens is 190 g/mol. The van der Waals surface area contributed by atoms with Gasteiger partial charge >= 0.3 is 0 Å². The fourth-order valence-electron chi connectivity index (χ4n) is 2.06. The predicted molar refractivity (Wildman–Crippen MR) is 56.7 cm³/mol. The van der Waals surface area contributed by atoms with Crippen LogP contribution in [-0.4, -0.2) is 18.9 Å². The van der Waals surface area contributed by atoms with Gasteiger partial charge in [0.1, 0.15) is 12.7 Å². The number of ether oxygens (including phenoxy) is 1. The normalized spacial score (nSPS) is 28.5. The molecule has 0 aromatic heterocycles. The number of oxime groups is 1. The lowest BCUT2D eigenvalue weighted by atomic mass is 9.98. The van der Waals surface area contributed by atoms with Gasteiger partial charge in [0.25, 0.3) is 0 Å². The Balaban J connectivity index is 1.91. The van der Waals surface area contributed by atoms with Crippen LogP contribution in [0.3, 0.4) is 0 Å². The molecule has 0 saturated carbocycles. The molecule has 0 radical (unpaired) electrons. The molecule has 0 aliphatic carbocycles. The van der Waals surface area contributed by atoms with Crippen molar-refractivity contribution < 1.29 is 9.57 Å². The first-order valence-corrected chi connectivity index (χ1v) is 5.22. The largest absolute Gasteiger partial charge is 0.395 e. The summed E-state index contributed by atoms with van der Waals surface area (Å²) in [5.74, 6) is 0.372. The van der Waals surface area contributed by atoms with Gasteiger partial charge < -0.3 is 9.57 Å². The fraction of sp³-hybridized carbons (Fsp3) is 0.417. The molecule has 1 saturated heterocycles. The summed E-state index contributed by atoms with van der Waals surface area (Å²) in [7, 11) is 0. The molecular formula is C12H13NO2.